The summed E-state index contributed by atoms with van der Waals surface area (Å²) < 4.78 is 8.61. The summed E-state index contributed by atoms with van der Waals surface area (Å²) in [6, 6.07) is 13.0. The van der Waals surface area contributed by atoms with Crippen molar-refractivity contribution in [3.63, 3.8) is 0 Å². The maximum atomic E-state index is 13.2. The van der Waals surface area contributed by atoms with Crippen molar-refractivity contribution < 1.29 is 9.53 Å². The van der Waals surface area contributed by atoms with Crippen LogP contribution in [-0.4, -0.2) is 56.7 Å². The van der Waals surface area contributed by atoms with Gasteiger partial charge in [0, 0.05) is 43.5 Å². The molecule has 1 atom stereocenters. The fourth-order valence-electron chi connectivity index (χ4n) is 4.36. The van der Waals surface area contributed by atoms with E-state index in [-0.39, 0.29) is 17.6 Å². The molecule has 0 radical (unpaired) electrons. The lowest BCUT2D eigenvalue weighted by Gasteiger charge is -2.17. The van der Waals surface area contributed by atoms with Crippen LogP contribution < -0.4 is 5.69 Å². The minimum absolute atomic E-state index is 0.0302. The molecule has 0 saturated carbocycles. The number of carbonyl (C=O) groups is 1. The smallest absolute Gasteiger partial charge is 0.330 e. The molecule has 8 heteroatoms. The summed E-state index contributed by atoms with van der Waals surface area (Å²) in [5.41, 5.74) is 2.83. The lowest BCUT2D eigenvalue weighted by Crippen LogP contribution is -2.32. The van der Waals surface area contributed by atoms with Crippen molar-refractivity contribution in [2.24, 2.45) is 0 Å². The maximum absolute atomic E-state index is 13.2. The topological polar surface area (TPSA) is 82.2 Å². The zero-order valence-corrected chi connectivity index (χ0v) is 17.3. The number of likely N-dealkylation sites (tertiary alicyclic amines) is 1. The van der Waals surface area contributed by atoms with Crippen LogP contribution in [0.5, 0.6) is 0 Å². The van der Waals surface area contributed by atoms with Gasteiger partial charge in [0.05, 0.1) is 30.2 Å². The van der Waals surface area contributed by atoms with Crippen LogP contribution in [0.15, 0.2) is 59.7 Å². The molecular weight excluding hydrogens is 394 g/mol. The van der Waals surface area contributed by atoms with E-state index in [0.717, 1.165) is 16.4 Å². The minimum atomic E-state index is -0.111. The summed E-state index contributed by atoms with van der Waals surface area (Å²) in [6.45, 7) is 1.98. The maximum Gasteiger partial charge on any atom is 0.330 e. The highest BCUT2D eigenvalue weighted by atomic mass is 16.5. The van der Waals surface area contributed by atoms with Gasteiger partial charge < -0.3 is 9.64 Å². The number of benzene rings is 1. The second-order valence-corrected chi connectivity index (χ2v) is 7.75. The number of carbonyl (C=O) groups excluding carboxylic acids is 1. The molecule has 1 amide bonds. The minimum Gasteiger partial charge on any atom is -0.383 e. The highest BCUT2D eigenvalue weighted by Crippen LogP contribution is 2.26. The average molecular weight is 417 g/mol. The van der Waals surface area contributed by atoms with Crippen molar-refractivity contribution in [2.45, 2.75) is 19.0 Å². The third-order valence-corrected chi connectivity index (χ3v) is 5.91. The van der Waals surface area contributed by atoms with E-state index in [4.69, 9.17) is 4.74 Å². The van der Waals surface area contributed by atoms with Crippen molar-refractivity contribution in [3.8, 4) is 0 Å². The molecule has 3 aromatic heterocycles. The van der Waals surface area contributed by atoms with E-state index in [1.54, 1.807) is 28.6 Å². The highest BCUT2D eigenvalue weighted by Gasteiger charge is 2.31. The van der Waals surface area contributed by atoms with Gasteiger partial charge in [-0.1, -0.05) is 6.07 Å². The van der Waals surface area contributed by atoms with E-state index < -0.39 is 0 Å². The average Bonchev–Trinajstić information content (AvgIpc) is 3.39. The van der Waals surface area contributed by atoms with E-state index in [1.807, 2.05) is 47.4 Å². The van der Waals surface area contributed by atoms with Gasteiger partial charge in [-0.2, -0.15) is 0 Å². The number of methoxy groups -OCH3 is 1. The molecule has 1 aliphatic heterocycles. The Morgan fingerprint density at radius 2 is 2.00 bits per heavy atom. The van der Waals surface area contributed by atoms with Gasteiger partial charge >= 0.3 is 5.69 Å². The number of rotatable bonds is 5. The van der Waals surface area contributed by atoms with Crippen LogP contribution in [0.3, 0.4) is 0 Å². The van der Waals surface area contributed by atoms with Gasteiger partial charge in [-0.3, -0.25) is 18.9 Å². The first-order valence-corrected chi connectivity index (χ1v) is 10.4. The van der Waals surface area contributed by atoms with E-state index in [9.17, 15) is 9.59 Å². The summed E-state index contributed by atoms with van der Waals surface area (Å²) in [6.07, 6.45) is 4.14. The number of fused-ring (bicyclic) bond motifs is 2. The van der Waals surface area contributed by atoms with Gasteiger partial charge in [-0.05, 0) is 42.8 Å². The number of nitrogens with zero attached hydrogens (tertiary/aromatic N) is 5. The lowest BCUT2D eigenvalue weighted by atomic mass is 10.1. The zero-order valence-electron chi connectivity index (χ0n) is 17.3. The molecule has 1 aliphatic rings. The van der Waals surface area contributed by atoms with Crippen molar-refractivity contribution in [2.75, 3.05) is 26.8 Å². The van der Waals surface area contributed by atoms with Gasteiger partial charge in [0.25, 0.3) is 5.91 Å². The molecule has 31 heavy (non-hydrogen) atoms. The van der Waals surface area contributed by atoms with Crippen LogP contribution in [0.1, 0.15) is 22.8 Å². The Balaban J connectivity index is 1.44. The normalized spacial score (nSPS) is 16.4. The molecule has 0 spiro atoms. The van der Waals surface area contributed by atoms with Crippen LogP contribution in [0.4, 0.5) is 0 Å². The molecule has 8 nitrogen and oxygen atoms in total. The molecule has 0 bridgehead atoms. The number of aromatic nitrogens is 4. The number of amides is 1. The quantitative estimate of drug-likeness (QED) is 0.498. The molecule has 158 valence electrons. The SMILES string of the molecule is COCCn1c(=O)n([C@@H]2CCN(C(=O)c3ccc4ncccc4c3)C2)c2ncccc21. The Hall–Kier alpha value is -3.52. The van der Waals surface area contributed by atoms with E-state index in [0.29, 0.717) is 43.9 Å². The van der Waals surface area contributed by atoms with E-state index >= 15 is 0 Å². The van der Waals surface area contributed by atoms with Crippen molar-refractivity contribution in [1.82, 2.24) is 24.0 Å². The summed E-state index contributed by atoms with van der Waals surface area (Å²) in [5, 5.41) is 0.936. The number of hydrogen-bond acceptors (Lipinski definition) is 5. The first kappa shape index (κ1) is 19.4. The van der Waals surface area contributed by atoms with Crippen LogP contribution >= 0.6 is 0 Å². The van der Waals surface area contributed by atoms with Gasteiger partial charge in [0.15, 0.2) is 5.65 Å². The number of pyridine rings is 2. The van der Waals surface area contributed by atoms with Gasteiger partial charge in [-0.25, -0.2) is 9.78 Å². The summed E-state index contributed by atoms with van der Waals surface area (Å²) in [5.74, 6) is -0.0302. The first-order valence-electron chi connectivity index (χ1n) is 10.4. The Labute approximate surface area is 178 Å². The number of ether oxygens (including phenoxy) is 1. The first-order chi connectivity index (χ1) is 15.2. The zero-order chi connectivity index (χ0) is 21.4. The van der Waals surface area contributed by atoms with Crippen LogP contribution in [-0.2, 0) is 11.3 Å². The molecule has 4 heterocycles. The molecule has 5 rings (SSSR count). The van der Waals surface area contributed by atoms with Crippen LogP contribution in [0, 0.1) is 0 Å². The number of imidazole rings is 1. The third-order valence-electron chi connectivity index (χ3n) is 5.91. The molecule has 1 aromatic carbocycles. The van der Waals surface area contributed by atoms with Crippen molar-refractivity contribution in [3.05, 3.63) is 70.9 Å². The third kappa shape index (κ3) is 3.38. The predicted octanol–water partition coefficient (Wildman–Crippen LogP) is 2.48. The Bertz CT molecular complexity index is 1330. The molecule has 1 fully saturated rings. The largest absolute Gasteiger partial charge is 0.383 e. The summed E-state index contributed by atoms with van der Waals surface area (Å²) >= 11 is 0. The van der Waals surface area contributed by atoms with Crippen LogP contribution in [0.2, 0.25) is 0 Å². The lowest BCUT2D eigenvalue weighted by molar-refractivity contribution is 0.0788. The Kier molecular flexibility index (Phi) is 4.99. The summed E-state index contributed by atoms with van der Waals surface area (Å²) in [7, 11) is 1.62. The summed E-state index contributed by atoms with van der Waals surface area (Å²) in [4.78, 5) is 36.9. The fourth-order valence-corrected chi connectivity index (χ4v) is 4.36. The molecular formula is C23H23N5O3. The van der Waals surface area contributed by atoms with Gasteiger partial charge in [0.1, 0.15) is 0 Å². The van der Waals surface area contributed by atoms with Crippen LogP contribution in [0.25, 0.3) is 22.1 Å². The van der Waals surface area contributed by atoms with E-state index in [1.165, 1.54) is 0 Å². The Morgan fingerprint density at radius 3 is 2.87 bits per heavy atom. The monoisotopic (exact) mass is 417 g/mol. The second-order valence-electron chi connectivity index (χ2n) is 7.75. The fraction of sp³-hybridized carbons (Fsp3) is 0.304. The second kappa shape index (κ2) is 7.96. The molecule has 1 saturated heterocycles. The molecule has 4 aromatic rings. The highest BCUT2D eigenvalue weighted by molar-refractivity contribution is 5.98. The van der Waals surface area contributed by atoms with Gasteiger partial charge in [0.2, 0.25) is 0 Å². The van der Waals surface area contributed by atoms with Crippen molar-refractivity contribution in [1.29, 1.82) is 0 Å². The predicted molar refractivity (Wildman–Crippen MR) is 117 cm³/mol. The van der Waals surface area contributed by atoms with E-state index in [2.05, 4.69) is 9.97 Å². The van der Waals surface area contributed by atoms with Crippen molar-refractivity contribution >= 4 is 28.0 Å². The van der Waals surface area contributed by atoms with Gasteiger partial charge in [-0.15, -0.1) is 0 Å². The Morgan fingerprint density at radius 1 is 1.16 bits per heavy atom. The molecule has 0 unspecified atom stereocenters. The molecule has 0 aliphatic carbocycles. The molecule has 0 N–H and O–H groups in total. The number of hydrogen-bond donors (Lipinski definition) is 0. The standard InChI is InChI=1S/C23H23N5O3/c1-31-13-12-27-20-5-3-10-25-21(20)28(23(27)30)18-8-11-26(15-18)22(29)17-6-7-19-16(14-17)4-2-9-24-19/h2-7,9-10,14,18H,8,11-13,15H2,1H3/t18-/m1/s1.